The fraction of sp³-hybridized carbons (Fsp3) is 0.588. The molecule has 2 fully saturated rings. The van der Waals surface area contributed by atoms with Gasteiger partial charge in [0.15, 0.2) is 7.85 Å². The number of H-pyrrole nitrogens is 1. The first-order valence-corrected chi connectivity index (χ1v) is 8.49. The zero-order valence-corrected chi connectivity index (χ0v) is 13.6. The van der Waals surface area contributed by atoms with Crippen LogP contribution in [0.15, 0.2) is 12.1 Å². The van der Waals surface area contributed by atoms with Gasteiger partial charge in [0, 0.05) is 23.6 Å². The fourth-order valence-corrected chi connectivity index (χ4v) is 4.15. The molecule has 0 radical (unpaired) electrons. The van der Waals surface area contributed by atoms with Crippen molar-refractivity contribution in [3.8, 4) is 0 Å². The summed E-state index contributed by atoms with van der Waals surface area (Å²) in [4.78, 5) is 2.64. The lowest BCUT2D eigenvalue weighted by Gasteiger charge is -2.36. The Morgan fingerprint density at radius 1 is 1.27 bits per heavy atom. The molecular weight excluding hydrogens is 273 g/mol. The summed E-state index contributed by atoms with van der Waals surface area (Å²) in [6.07, 6.45) is 3.73. The number of hydrogen-bond donors (Lipinski definition) is 1. The van der Waals surface area contributed by atoms with E-state index >= 15 is 0 Å². The van der Waals surface area contributed by atoms with Crippen molar-refractivity contribution in [1.82, 2.24) is 15.1 Å². The van der Waals surface area contributed by atoms with Gasteiger partial charge < -0.3 is 4.74 Å². The molecule has 0 saturated carbocycles. The number of aromatic amines is 1. The van der Waals surface area contributed by atoms with Crippen molar-refractivity contribution >= 4 is 24.3 Å². The molecule has 1 N–H and O–H groups in total. The molecule has 4 nitrogen and oxygen atoms in total. The Hall–Kier alpha value is -1.33. The molecule has 116 valence electrons. The molecule has 3 heterocycles. The number of hydrogen-bond acceptors (Lipinski definition) is 3. The van der Waals surface area contributed by atoms with Gasteiger partial charge in [0.05, 0.1) is 12.1 Å². The lowest BCUT2D eigenvalue weighted by molar-refractivity contribution is 0.122. The molecule has 1 aromatic heterocycles. The van der Waals surface area contributed by atoms with Gasteiger partial charge in [-0.05, 0) is 68.5 Å². The Kier molecular flexibility index (Phi) is 3.70. The summed E-state index contributed by atoms with van der Waals surface area (Å²) in [5, 5.41) is 8.78. The van der Waals surface area contributed by atoms with Crippen LogP contribution in [-0.4, -0.2) is 55.3 Å². The minimum absolute atomic E-state index is 0.666. The van der Waals surface area contributed by atoms with Crippen LogP contribution in [-0.2, 0) is 4.74 Å². The highest BCUT2D eigenvalue weighted by Crippen LogP contribution is 2.33. The number of aryl methyl sites for hydroxylation is 1. The molecule has 4 rings (SSSR count). The Balaban J connectivity index is 1.52. The van der Waals surface area contributed by atoms with Gasteiger partial charge >= 0.3 is 0 Å². The van der Waals surface area contributed by atoms with Crippen LogP contribution in [0.5, 0.6) is 0 Å². The molecule has 0 aliphatic carbocycles. The maximum Gasteiger partial charge on any atom is 0.167 e. The summed E-state index contributed by atoms with van der Waals surface area (Å²) in [6, 6.07) is 5.31. The number of piperidine rings is 1. The van der Waals surface area contributed by atoms with Crippen molar-refractivity contribution in [1.29, 1.82) is 0 Å². The van der Waals surface area contributed by atoms with Crippen LogP contribution in [0, 0.1) is 6.92 Å². The minimum atomic E-state index is 0.666. The lowest BCUT2D eigenvalue weighted by atomic mass is 9.85. The van der Waals surface area contributed by atoms with Crippen molar-refractivity contribution in [2.24, 2.45) is 0 Å². The number of nitrogens with one attached hydrogen (secondary N) is 1. The van der Waals surface area contributed by atoms with Gasteiger partial charge in [0.2, 0.25) is 0 Å². The number of fused-ring (bicyclic) bond motifs is 1. The molecule has 22 heavy (non-hydrogen) atoms. The number of rotatable bonds is 2. The van der Waals surface area contributed by atoms with E-state index in [0.717, 1.165) is 18.8 Å². The van der Waals surface area contributed by atoms with Gasteiger partial charge in [-0.25, -0.2) is 0 Å². The zero-order chi connectivity index (χ0) is 15.1. The minimum Gasteiger partial charge on any atom is -0.380 e. The largest absolute Gasteiger partial charge is 0.380 e. The third kappa shape index (κ3) is 2.46. The number of aromatic nitrogens is 2. The monoisotopic (exact) mass is 297 g/mol. The van der Waals surface area contributed by atoms with Crippen molar-refractivity contribution in [2.75, 3.05) is 26.3 Å². The average Bonchev–Trinajstić information content (AvgIpc) is 3.18. The molecular formula is C17H24BN3O. The van der Waals surface area contributed by atoms with Crippen LogP contribution in [0.4, 0.5) is 0 Å². The van der Waals surface area contributed by atoms with Gasteiger partial charge in [-0.1, -0.05) is 0 Å². The highest BCUT2D eigenvalue weighted by molar-refractivity contribution is 6.37. The highest BCUT2D eigenvalue weighted by atomic mass is 16.5. The van der Waals surface area contributed by atoms with Gasteiger partial charge in [0.25, 0.3) is 0 Å². The summed E-state index contributed by atoms with van der Waals surface area (Å²) in [7, 11) is 2.07. The van der Waals surface area contributed by atoms with Crippen molar-refractivity contribution in [2.45, 2.75) is 38.1 Å². The third-order valence-electron chi connectivity index (χ3n) is 5.53. The maximum absolute atomic E-state index is 5.54. The normalized spacial score (nSPS) is 24.3. The second kappa shape index (κ2) is 5.71. The average molecular weight is 297 g/mol. The van der Waals surface area contributed by atoms with Crippen LogP contribution >= 0.6 is 0 Å². The van der Waals surface area contributed by atoms with E-state index < -0.39 is 0 Å². The Morgan fingerprint density at radius 2 is 2.09 bits per heavy atom. The summed E-state index contributed by atoms with van der Waals surface area (Å²) in [5.74, 6) is 0.687. The molecule has 0 bridgehead atoms. The van der Waals surface area contributed by atoms with Gasteiger partial charge in [-0.3, -0.25) is 10.00 Å². The summed E-state index contributed by atoms with van der Waals surface area (Å²) >= 11 is 0. The fourth-order valence-electron chi connectivity index (χ4n) is 4.15. The van der Waals surface area contributed by atoms with Crippen molar-refractivity contribution in [3.05, 3.63) is 23.3 Å². The Morgan fingerprint density at radius 3 is 2.82 bits per heavy atom. The number of likely N-dealkylation sites (tertiary alicyclic amines) is 1. The lowest BCUT2D eigenvalue weighted by Crippen LogP contribution is -2.41. The standard InChI is InChI=1S/C17H24BN3O/c1-11-8-15-16(19-20-17(15)18)9-14(11)12-2-5-21(6-3-12)13-4-7-22-10-13/h8-9,12-13H,2-7,10,18H2,1H3,(H,19,20). The highest BCUT2D eigenvalue weighted by Gasteiger charge is 2.28. The van der Waals surface area contributed by atoms with E-state index in [0.29, 0.717) is 12.0 Å². The van der Waals surface area contributed by atoms with Crippen LogP contribution < -0.4 is 5.59 Å². The van der Waals surface area contributed by atoms with Crippen molar-refractivity contribution < 1.29 is 4.74 Å². The first-order chi connectivity index (χ1) is 10.7. The predicted octanol–water partition coefficient (Wildman–Crippen LogP) is 1.10. The third-order valence-corrected chi connectivity index (χ3v) is 5.53. The second-order valence-electron chi connectivity index (χ2n) is 6.89. The first-order valence-electron chi connectivity index (χ1n) is 8.49. The van der Waals surface area contributed by atoms with Crippen LogP contribution in [0.3, 0.4) is 0 Å². The molecule has 5 heteroatoms. The molecule has 0 amide bonds. The van der Waals surface area contributed by atoms with Gasteiger partial charge in [-0.2, -0.15) is 5.10 Å². The van der Waals surface area contributed by atoms with E-state index in [2.05, 4.69) is 42.0 Å². The number of benzene rings is 1. The summed E-state index contributed by atoms with van der Waals surface area (Å²) in [6.45, 7) is 6.54. The molecule has 2 aromatic rings. The molecule has 2 saturated heterocycles. The first kappa shape index (κ1) is 14.3. The van der Waals surface area contributed by atoms with Crippen molar-refractivity contribution in [3.63, 3.8) is 0 Å². The van der Waals surface area contributed by atoms with E-state index in [1.165, 1.54) is 54.4 Å². The van der Waals surface area contributed by atoms with E-state index in [-0.39, 0.29) is 0 Å². The maximum atomic E-state index is 5.54. The van der Waals surface area contributed by atoms with Gasteiger partial charge in [-0.15, -0.1) is 0 Å². The van der Waals surface area contributed by atoms with E-state index in [9.17, 15) is 0 Å². The summed E-state index contributed by atoms with van der Waals surface area (Å²) in [5.41, 5.74) is 5.21. The van der Waals surface area contributed by atoms with Crippen LogP contribution in [0.1, 0.15) is 36.3 Å². The smallest absolute Gasteiger partial charge is 0.167 e. The Bertz CT molecular complexity index is 670. The second-order valence-corrected chi connectivity index (χ2v) is 6.89. The summed E-state index contributed by atoms with van der Waals surface area (Å²) < 4.78 is 5.54. The predicted molar refractivity (Wildman–Crippen MR) is 91.8 cm³/mol. The molecule has 1 aromatic carbocycles. The Labute approximate surface area is 132 Å². The topological polar surface area (TPSA) is 41.2 Å². The van der Waals surface area contributed by atoms with Gasteiger partial charge in [0.1, 0.15) is 0 Å². The van der Waals surface area contributed by atoms with Crippen LogP contribution in [0.25, 0.3) is 10.9 Å². The SMILES string of the molecule is Bc1n[nH]c2cc(C3CCN(C4CCOC4)CC3)c(C)cc12. The van der Waals surface area contributed by atoms with E-state index in [4.69, 9.17) is 4.74 Å². The molecule has 1 atom stereocenters. The van der Waals surface area contributed by atoms with E-state index in [1.54, 1.807) is 0 Å². The number of nitrogens with zero attached hydrogens (tertiary/aromatic N) is 2. The molecule has 1 unspecified atom stereocenters. The van der Waals surface area contributed by atoms with E-state index in [1.807, 2.05) is 0 Å². The molecule has 2 aliphatic rings. The molecule has 0 spiro atoms. The quantitative estimate of drug-likeness (QED) is 0.844. The zero-order valence-electron chi connectivity index (χ0n) is 13.6. The number of ether oxygens (including phenoxy) is 1. The molecule has 2 aliphatic heterocycles. The van der Waals surface area contributed by atoms with Crippen LogP contribution in [0.2, 0.25) is 0 Å².